The zero-order valence-corrected chi connectivity index (χ0v) is 22.0. The number of nitrogens with zero attached hydrogens (tertiary/aromatic N) is 4. The molecule has 38 heavy (non-hydrogen) atoms. The average molecular weight is 531 g/mol. The second kappa shape index (κ2) is 11.2. The minimum absolute atomic E-state index is 0.0244. The molecule has 0 saturated carbocycles. The minimum atomic E-state index is -0.423. The number of nitrogens with one attached hydrogen (secondary N) is 1. The number of primary amides is 1. The summed E-state index contributed by atoms with van der Waals surface area (Å²) in [5.74, 6) is -0.0134. The summed E-state index contributed by atoms with van der Waals surface area (Å²) < 4.78 is 1.88. The van der Waals surface area contributed by atoms with Crippen LogP contribution < -0.4 is 20.9 Å². The van der Waals surface area contributed by atoms with E-state index in [2.05, 4.69) is 10.2 Å². The van der Waals surface area contributed by atoms with Gasteiger partial charge in [-0.25, -0.2) is 4.98 Å². The van der Waals surface area contributed by atoms with Crippen molar-refractivity contribution in [1.82, 2.24) is 14.9 Å². The number of ketones is 1. The highest BCUT2D eigenvalue weighted by atomic mass is 32.1. The first-order valence-electron chi connectivity index (χ1n) is 12.6. The number of Topliss-reactive ketones (excluding diaryl/α,β-unsaturated/α-hetero) is 1. The number of aromatic nitrogens is 2. The van der Waals surface area contributed by atoms with Gasteiger partial charge in [0.15, 0.2) is 5.78 Å². The molecule has 9 nitrogen and oxygen atoms in total. The van der Waals surface area contributed by atoms with Gasteiger partial charge in [-0.15, -0.1) is 11.3 Å². The van der Waals surface area contributed by atoms with Crippen LogP contribution in [-0.4, -0.2) is 60.4 Å². The highest BCUT2D eigenvalue weighted by Gasteiger charge is 2.21. The van der Waals surface area contributed by atoms with Gasteiger partial charge in [0.2, 0.25) is 5.91 Å². The maximum atomic E-state index is 13.3. The molecular weight excluding hydrogens is 500 g/mol. The second-order valence-electron chi connectivity index (χ2n) is 9.27. The molecule has 4 aromatic rings. The van der Waals surface area contributed by atoms with Crippen molar-refractivity contribution in [3.05, 3.63) is 76.9 Å². The van der Waals surface area contributed by atoms with Crippen LogP contribution in [-0.2, 0) is 17.8 Å². The molecule has 0 aliphatic carbocycles. The number of nitrogens with two attached hydrogens (primary N) is 1. The number of thiophene rings is 1. The Morgan fingerprint density at radius 1 is 1.05 bits per heavy atom. The molecule has 3 heterocycles. The molecule has 0 atom stereocenters. The molecule has 1 fully saturated rings. The molecule has 3 N–H and O–H groups in total. The Morgan fingerprint density at radius 2 is 1.82 bits per heavy atom. The molecule has 10 heteroatoms. The van der Waals surface area contributed by atoms with Crippen LogP contribution in [0.3, 0.4) is 0 Å². The number of rotatable bonds is 9. The number of hydrogen-bond donors (Lipinski definition) is 2. The van der Waals surface area contributed by atoms with Crippen LogP contribution in [0.2, 0.25) is 0 Å². The van der Waals surface area contributed by atoms with E-state index in [9.17, 15) is 14.4 Å². The smallest absolute Gasteiger partial charge is 0.258 e. The van der Waals surface area contributed by atoms with E-state index in [1.807, 2.05) is 53.1 Å². The fourth-order valence-electron chi connectivity index (χ4n) is 4.64. The highest BCUT2D eigenvalue weighted by Crippen LogP contribution is 2.29. The summed E-state index contributed by atoms with van der Waals surface area (Å²) in [5.41, 5.74) is 8.13. The summed E-state index contributed by atoms with van der Waals surface area (Å²) in [7, 11) is 1.72. The van der Waals surface area contributed by atoms with E-state index in [-0.39, 0.29) is 24.5 Å². The van der Waals surface area contributed by atoms with E-state index in [0.717, 1.165) is 36.7 Å². The number of carbonyl (C=O) groups excluding carboxylic acids is 3. The quantitative estimate of drug-likeness (QED) is 0.322. The van der Waals surface area contributed by atoms with Gasteiger partial charge < -0.3 is 25.4 Å². The van der Waals surface area contributed by atoms with Crippen LogP contribution in [0.25, 0.3) is 11.0 Å². The van der Waals surface area contributed by atoms with E-state index in [1.165, 1.54) is 11.3 Å². The maximum absolute atomic E-state index is 13.3. The Labute approximate surface area is 224 Å². The Hall–Kier alpha value is -4.02. The topological polar surface area (TPSA) is 114 Å². The molecule has 0 bridgehead atoms. The van der Waals surface area contributed by atoms with Crippen LogP contribution in [0.4, 0.5) is 10.7 Å². The Kier molecular flexibility index (Phi) is 7.52. The minimum Gasteiger partial charge on any atom is -0.370 e. The van der Waals surface area contributed by atoms with Crippen molar-refractivity contribution in [3.63, 3.8) is 0 Å². The van der Waals surface area contributed by atoms with E-state index in [4.69, 9.17) is 10.7 Å². The number of aryl methyl sites for hydroxylation is 1. The lowest BCUT2D eigenvalue weighted by molar-refractivity contribution is -0.118. The first-order valence-corrected chi connectivity index (χ1v) is 13.4. The lowest BCUT2D eigenvalue weighted by atomic mass is 10.2. The predicted molar refractivity (Wildman–Crippen MR) is 150 cm³/mol. The molecule has 1 aliphatic rings. The summed E-state index contributed by atoms with van der Waals surface area (Å²) in [4.78, 5) is 47.1. The van der Waals surface area contributed by atoms with Crippen molar-refractivity contribution in [3.8, 4) is 0 Å². The van der Waals surface area contributed by atoms with Crippen LogP contribution in [0.15, 0.2) is 60.7 Å². The van der Waals surface area contributed by atoms with Crippen molar-refractivity contribution >= 4 is 50.7 Å². The van der Waals surface area contributed by atoms with Gasteiger partial charge in [0.1, 0.15) is 5.82 Å². The molecule has 1 aliphatic heterocycles. The third-order valence-corrected chi connectivity index (χ3v) is 7.91. The van der Waals surface area contributed by atoms with Gasteiger partial charge in [0.05, 0.1) is 27.3 Å². The van der Waals surface area contributed by atoms with Gasteiger partial charge in [-0.2, -0.15) is 0 Å². The molecule has 196 valence electrons. The SMILES string of the molecule is CN(C(=O)c1ccccc1)c1ccc2c(c1)nc(CC(=O)c1ccc(N3CCNCC3)s1)n2CCC(N)=O. The molecule has 2 aromatic carbocycles. The monoisotopic (exact) mass is 530 g/mol. The van der Waals surface area contributed by atoms with Gasteiger partial charge in [-0.05, 0) is 42.5 Å². The summed E-state index contributed by atoms with van der Waals surface area (Å²) in [5, 5.41) is 4.43. The zero-order valence-electron chi connectivity index (χ0n) is 21.2. The molecule has 0 spiro atoms. The predicted octanol–water partition coefficient (Wildman–Crippen LogP) is 3.08. The third-order valence-electron chi connectivity index (χ3n) is 6.72. The summed E-state index contributed by atoms with van der Waals surface area (Å²) in [6.07, 6.45) is 0.232. The lowest BCUT2D eigenvalue weighted by Crippen LogP contribution is -2.43. The Morgan fingerprint density at radius 3 is 2.55 bits per heavy atom. The second-order valence-corrected chi connectivity index (χ2v) is 10.3. The van der Waals surface area contributed by atoms with Crippen molar-refractivity contribution in [2.24, 2.45) is 5.73 Å². The van der Waals surface area contributed by atoms with E-state index in [0.29, 0.717) is 34.0 Å². The molecule has 0 unspecified atom stereocenters. The first kappa shape index (κ1) is 25.6. The van der Waals surface area contributed by atoms with E-state index < -0.39 is 5.91 Å². The Balaban J connectivity index is 1.41. The molecule has 2 aromatic heterocycles. The van der Waals surface area contributed by atoms with Crippen LogP contribution in [0, 0.1) is 0 Å². The number of carbonyl (C=O) groups is 3. The molecular formula is C28H30N6O3S. The number of amides is 2. The Bertz CT molecular complexity index is 1470. The summed E-state index contributed by atoms with van der Waals surface area (Å²) in [6, 6.07) is 18.5. The zero-order chi connectivity index (χ0) is 26.6. The molecule has 2 amide bonds. The standard InChI is InChI=1S/C28H30N6O3S/c1-32(28(37)19-5-3-2-4-6-19)20-7-8-22-21(17-20)31-26(34(22)14-11-25(29)36)18-23(35)24-9-10-27(38-24)33-15-12-30-13-16-33/h2-10,17,30H,11-16,18H2,1H3,(H2,29,36). The number of piperazine rings is 1. The number of benzene rings is 2. The normalized spacial score (nSPS) is 13.6. The molecule has 5 rings (SSSR count). The van der Waals surface area contributed by atoms with Gasteiger partial charge in [0, 0.05) is 57.4 Å². The number of hydrogen-bond acceptors (Lipinski definition) is 7. The average Bonchev–Trinajstić information content (AvgIpc) is 3.57. The van der Waals surface area contributed by atoms with Crippen LogP contribution in [0.5, 0.6) is 0 Å². The fraction of sp³-hybridized carbons (Fsp3) is 0.286. The van der Waals surface area contributed by atoms with Crippen molar-refractivity contribution in [1.29, 1.82) is 0 Å². The van der Waals surface area contributed by atoms with Gasteiger partial charge in [0.25, 0.3) is 5.91 Å². The summed E-state index contributed by atoms with van der Waals surface area (Å²) >= 11 is 1.50. The van der Waals surface area contributed by atoms with Crippen LogP contribution in [0.1, 0.15) is 32.3 Å². The molecule has 0 radical (unpaired) electrons. The highest BCUT2D eigenvalue weighted by molar-refractivity contribution is 7.18. The molecule has 1 saturated heterocycles. The van der Waals surface area contributed by atoms with Crippen molar-refractivity contribution < 1.29 is 14.4 Å². The lowest BCUT2D eigenvalue weighted by Gasteiger charge is -2.27. The van der Waals surface area contributed by atoms with E-state index in [1.54, 1.807) is 24.1 Å². The number of fused-ring (bicyclic) bond motifs is 1. The van der Waals surface area contributed by atoms with Gasteiger partial charge in [-0.3, -0.25) is 14.4 Å². The largest absolute Gasteiger partial charge is 0.370 e. The number of anilines is 2. The maximum Gasteiger partial charge on any atom is 0.258 e. The van der Waals surface area contributed by atoms with Crippen molar-refractivity contribution in [2.75, 3.05) is 43.0 Å². The van der Waals surface area contributed by atoms with Gasteiger partial charge in [-0.1, -0.05) is 18.2 Å². The van der Waals surface area contributed by atoms with Crippen LogP contribution >= 0.6 is 11.3 Å². The summed E-state index contributed by atoms with van der Waals surface area (Å²) in [6.45, 7) is 4.02. The van der Waals surface area contributed by atoms with Crippen molar-refractivity contribution in [2.45, 2.75) is 19.4 Å². The third kappa shape index (κ3) is 5.46. The van der Waals surface area contributed by atoms with Gasteiger partial charge >= 0.3 is 0 Å². The first-order chi connectivity index (χ1) is 18.4. The fourth-order valence-corrected chi connectivity index (χ4v) is 5.63. The number of imidazole rings is 1. The van der Waals surface area contributed by atoms with E-state index >= 15 is 0 Å².